The lowest BCUT2D eigenvalue weighted by Crippen LogP contribution is -1.98. The van der Waals surface area contributed by atoms with Crippen LogP contribution in [0.5, 0.6) is 0 Å². The first kappa shape index (κ1) is 27.4. The third-order valence-electron chi connectivity index (χ3n) is 9.35. The summed E-state index contributed by atoms with van der Waals surface area (Å²) in [6.07, 6.45) is 0. The van der Waals surface area contributed by atoms with Crippen LogP contribution in [0.2, 0.25) is 0 Å². The number of nitrogens with zero attached hydrogens (tertiary/aromatic N) is 4. The Morgan fingerprint density at radius 1 is 0.500 bits per heavy atom. The van der Waals surface area contributed by atoms with Crippen molar-refractivity contribution in [2.24, 2.45) is 0 Å². The molecule has 0 aliphatic rings. The van der Waals surface area contributed by atoms with Crippen molar-refractivity contribution >= 4 is 49.3 Å². The van der Waals surface area contributed by atoms with Gasteiger partial charge in [-0.15, -0.1) is 0 Å². The van der Waals surface area contributed by atoms with Gasteiger partial charge < -0.3 is 9.13 Å². The summed E-state index contributed by atoms with van der Waals surface area (Å²) in [4.78, 5) is 3.89. The molecular formula is C44H26N4. The monoisotopic (exact) mass is 610 g/mol. The van der Waals surface area contributed by atoms with Crippen LogP contribution in [0.4, 0.5) is 5.69 Å². The van der Waals surface area contributed by atoms with E-state index in [0.29, 0.717) is 11.3 Å². The van der Waals surface area contributed by atoms with E-state index in [1.165, 1.54) is 10.8 Å². The molecule has 0 atom stereocenters. The average molecular weight is 611 g/mol. The molecule has 0 aliphatic heterocycles. The number of benzene rings is 7. The lowest BCUT2D eigenvalue weighted by Gasteiger charge is -2.16. The number of hydrogen-bond acceptors (Lipinski definition) is 1. The number of aromatic nitrogens is 2. The average Bonchev–Trinajstić information content (AvgIpc) is 3.68. The summed E-state index contributed by atoms with van der Waals surface area (Å²) in [5, 5.41) is 14.5. The van der Waals surface area contributed by atoms with Crippen molar-refractivity contribution in [3.8, 4) is 39.7 Å². The van der Waals surface area contributed by atoms with E-state index in [0.717, 1.165) is 66.5 Å². The van der Waals surface area contributed by atoms with Crippen molar-refractivity contribution in [1.29, 1.82) is 5.26 Å². The van der Waals surface area contributed by atoms with Crippen LogP contribution in [0, 0.1) is 17.9 Å². The first-order valence-electron chi connectivity index (χ1n) is 15.9. The van der Waals surface area contributed by atoms with Crippen LogP contribution in [0.15, 0.2) is 158 Å². The van der Waals surface area contributed by atoms with Gasteiger partial charge in [-0.05, 0) is 76.7 Å². The van der Waals surface area contributed by atoms with E-state index in [9.17, 15) is 5.26 Å². The molecule has 0 bridgehead atoms. The topological polar surface area (TPSA) is 38.0 Å². The summed E-state index contributed by atoms with van der Waals surface area (Å²) < 4.78 is 4.52. The van der Waals surface area contributed by atoms with Crippen molar-refractivity contribution in [2.75, 3.05) is 0 Å². The zero-order valence-electron chi connectivity index (χ0n) is 25.8. The molecule has 222 valence electrons. The highest BCUT2D eigenvalue weighted by atomic mass is 15.0. The number of fused-ring (bicyclic) bond motifs is 6. The Kier molecular flexibility index (Phi) is 6.22. The highest BCUT2D eigenvalue weighted by Gasteiger charge is 2.18. The molecule has 4 nitrogen and oxygen atoms in total. The molecule has 9 rings (SSSR count). The minimum atomic E-state index is 0.615. The fraction of sp³-hybridized carbons (Fsp3) is 0. The molecule has 0 spiro atoms. The molecule has 0 saturated heterocycles. The Balaban J connectivity index is 1.23. The molecule has 2 aromatic heterocycles. The molecule has 9 aromatic rings. The van der Waals surface area contributed by atoms with Gasteiger partial charge >= 0.3 is 0 Å². The zero-order valence-corrected chi connectivity index (χ0v) is 25.8. The molecule has 0 saturated carbocycles. The van der Waals surface area contributed by atoms with E-state index in [1.807, 2.05) is 36.4 Å². The van der Waals surface area contributed by atoms with Crippen molar-refractivity contribution < 1.29 is 0 Å². The molecule has 7 aromatic carbocycles. The number of hydrogen-bond donors (Lipinski definition) is 0. The van der Waals surface area contributed by atoms with Crippen LogP contribution in [0.1, 0.15) is 5.56 Å². The maximum atomic E-state index is 9.94. The second-order valence-corrected chi connectivity index (χ2v) is 12.0. The van der Waals surface area contributed by atoms with E-state index in [-0.39, 0.29) is 0 Å². The van der Waals surface area contributed by atoms with Crippen LogP contribution < -0.4 is 0 Å². The van der Waals surface area contributed by atoms with Crippen molar-refractivity contribution in [3.05, 3.63) is 175 Å². The Morgan fingerprint density at radius 3 is 1.75 bits per heavy atom. The van der Waals surface area contributed by atoms with Gasteiger partial charge in [-0.3, -0.25) is 0 Å². The minimum absolute atomic E-state index is 0.615. The predicted molar refractivity (Wildman–Crippen MR) is 197 cm³/mol. The Hall–Kier alpha value is -6.88. The lowest BCUT2D eigenvalue weighted by atomic mass is 9.96. The van der Waals surface area contributed by atoms with Crippen LogP contribution in [0.3, 0.4) is 0 Å². The van der Waals surface area contributed by atoms with Gasteiger partial charge in [0.2, 0.25) is 5.69 Å². The fourth-order valence-electron chi connectivity index (χ4n) is 7.26. The van der Waals surface area contributed by atoms with Crippen molar-refractivity contribution in [3.63, 3.8) is 0 Å². The standard InChI is InChI=1S/C44H26N4/c1-46-39-19-10-18-37-36-17-4-5-20-40(36)47(44(37)39)33-14-9-12-31(27-33)30-11-8-13-32(26-30)38-25-29(28-45)23-24-43(38)48-41-21-6-2-15-34(41)35-16-3-7-22-42(35)48/h2-27H. The zero-order chi connectivity index (χ0) is 32.2. The Morgan fingerprint density at radius 2 is 1.06 bits per heavy atom. The van der Waals surface area contributed by atoms with E-state index in [2.05, 4.69) is 141 Å². The van der Waals surface area contributed by atoms with E-state index >= 15 is 0 Å². The first-order valence-corrected chi connectivity index (χ1v) is 15.9. The third-order valence-corrected chi connectivity index (χ3v) is 9.35. The molecule has 0 unspecified atom stereocenters. The largest absolute Gasteiger partial charge is 0.319 e. The molecule has 0 amide bonds. The quantitative estimate of drug-likeness (QED) is 0.183. The normalized spacial score (nSPS) is 11.3. The van der Waals surface area contributed by atoms with E-state index < -0.39 is 0 Å². The fourth-order valence-corrected chi connectivity index (χ4v) is 7.26. The van der Waals surface area contributed by atoms with Gasteiger partial charge in [-0.2, -0.15) is 5.26 Å². The minimum Gasteiger partial charge on any atom is -0.319 e. The molecule has 2 heterocycles. The second-order valence-electron chi connectivity index (χ2n) is 12.0. The van der Waals surface area contributed by atoms with Gasteiger partial charge in [-0.25, -0.2) is 4.85 Å². The van der Waals surface area contributed by atoms with Gasteiger partial charge in [0.15, 0.2) is 0 Å². The summed E-state index contributed by atoms with van der Waals surface area (Å²) in [5.74, 6) is 0. The highest BCUT2D eigenvalue weighted by molar-refractivity contribution is 6.13. The predicted octanol–water partition coefficient (Wildman–Crippen LogP) is 11.6. The summed E-state index contributed by atoms with van der Waals surface area (Å²) in [7, 11) is 0. The highest BCUT2D eigenvalue weighted by Crippen LogP contribution is 2.40. The summed E-state index contributed by atoms with van der Waals surface area (Å²) in [6, 6.07) is 56.7. The van der Waals surface area contributed by atoms with E-state index in [4.69, 9.17) is 6.57 Å². The first-order chi connectivity index (χ1) is 23.7. The summed E-state index contributed by atoms with van der Waals surface area (Å²) in [5.41, 5.74) is 11.6. The molecule has 0 aliphatic carbocycles. The summed E-state index contributed by atoms with van der Waals surface area (Å²) >= 11 is 0. The molecule has 48 heavy (non-hydrogen) atoms. The lowest BCUT2D eigenvalue weighted by molar-refractivity contribution is 1.18. The molecular weight excluding hydrogens is 585 g/mol. The van der Waals surface area contributed by atoms with Crippen LogP contribution in [0.25, 0.3) is 82.1 Å². The smallest absolute Gasteiger partial charge is 0.211 e. The van der Waals surface area contributed by atoms with Gasteiger partial charge in [0, 0.05) is 27.4 Å². The maximum Gasteiger partial charge on any atom is 0.211 e. The molecule has 0 radical (unpaired) electrons. The SMILES string of the molecule is [C-]#[N+]c1cccc2c3ccccc3n(-c3cccc(-c4cccc(-c5cc(C#N)ccc5-n5c6ccccc6c6ccccc65)c4)c3)c12. The van der Waals surface area contributed by atoms with Gasteiger partial charge in [-0.1, -0.05) is 103 Å². The second kappa shape index (κ2) is 10.9. The number of nitriles is 1. The van der Waals surface area contributed by atoms with Crippen LogP contribution in [-0.4, -0.2) is 9.13 Å². The van der Waals surface area contributed by atoms with E-state index in [1.54, 1.807) is 0 Å². The molecule has 4 heteroatoms. The Bertz CT molecular complexity index is 2760. The van der Waals surface area contributed by atoms with Crippen LogP contribution in [-0.2, 0) is 0 Å². The Labute approximate surface area is 277 Å². The van der Waals surface area contributed by atoms with Gasteiger partial charge in [0.25, 0.3) is 0 Å². The number of para-hydroxylation sites is 4. The van der Waals surface area contributed by atoms with Gasteiger partial charge in [0.05, 0.1) is 46.0 Å². The van der Waals surface area contributed by atoms with Crippen molar-refractivity contribution in [2.45, 2.75) is 0 Å². The molecule has 0 N–H and O–H groups in total. The summed E-state index contributed by atoms with van der Waals surface area (Å²) in [6.45, 7) is 7.92. The van der Waals surface area contributed by atoms with Crippen molar-refractivity contribution in [1.82, 2.24) is 9.13 Å². The third kappa shape index (κ3) is 4.14. The van der Waals surface area contributed by atoms with Gasteiger partial charge in [0.1, 0.15) is 0 Å². The number of rotatable bonds is 4. The molecule has 0 fully saturated rings. The van der Waals surface area contributed by atoms with Crippen LogP contribution >= 0.6 is 0 Å². The maximum absolute atomic E-state index is 9.94.